The highest BCUT2D eigenvalue weighted by atomic mass is 32.2. The van der Waals surface area contributed by atoms with E-state index < -0.39 is 0 Å². The summed E-state index contributed by atoms with van der Waals surface area (Å²) in [5.74, 6) is 0.496. The minimum absolute atomic E-state index is 0.107. The summed E-state index contributed by atoms with van der Waals surface area (Å²) >= 11 is 1.55. The van der Waals surface area contributed by atoms with Gasteiger partial charge in [0.05, 0.1) is 16.3 Å². The number of hydrogen-bond acceptors (Lipinski definition) is 4. The van der Waals surface area contributed by atoms with Gasteiger partial charge in [0.15, 0.2) is 0 Å². The summed E-state index contributed by atoms with van der Waals surface area (Å²) in [6, 6.07) is 6.91. The molecule has 0 aliphatic carbocycles. The van der Waals surface area contributed by atoms with Crippen LogP contribution in [-0.2, 0) is 4.79 Å². The van der Waals surface area contributed by atoms with Gasteiger partial charge in [-0.15, -0.1) is 11.8 Å². The fraction of sp³-hybridized carbons (Fsp3) is 0.565. The molecule has 1 fully saturated rings. The monoisotopic (exact) mass is 417 g/mol. The Morgan fingerprint density at radius 2 is 1.93 bits per heavy atom. The highest BCUT2D eigenvalue weighted by Crippen LogP contribution is 2.30. The third-order valence-corrected chi connectivity index (χ3v) is 6.78. The van der Waals surface area contributed by atoms with E-state index >= 15 is 0 Å². The van der Waals surface area contributed by atoms with Crippen molar-refractivity contribution in [3.8, 4) is 0 Å². The quantitative estimate of drug-likeness (QED) is 0.621. The van der Waals surface area contributed by atoms with Crippen LogP contribution in [0.15, 0.2) is 39.9 Å². The number of thioether (sulfide) groups is 1. The summed E-state index contributed by atoms with van der Waals surface area (Å²) in [5, 5.41) is 3.65. The van der Waals surface area contributed by atoms with Gasteiger partial charge in [0.25, 0.3) is 5.91 Å². The van der Waals surface area contributed by atoms with Crippen LogP contribution in [0.5, 0.6) is 0 Å². The lowest BCUT2D eigenvalue weighted by Crippen LogP contribution is -2.45. The average molecular weight is 418 g/mol. The number of nitrogens with zero attached hydrogens (tertiary/aromatic N) is 2. The molecule has 1 saturated heterocycles. The second-order valence-electron chi connectivity index (χ2n) is 7.85. The third-order valence-electron chi connectivity index (χ3n) is 5.60. The Kier molecular flexibility index (Phi) is 8.30. The molecule has 158 valence electrons. The van der Waals surface area contributed by atoms with E-state index in [1.165, 1.54) is 37.8 Å². The highest BCUT2D eigenvalue weighted by molar-refractivity contribution is 8.04. The number of allylic oxidation sites excluding steroid dienone is 1. The van der Waals surface area contributed by atoms with Crippen molar-refractivity contribution in [1.29, 1.82) is 0 Å². The maximum absolute atomic E-state index is 13.1. The van der Waals surface area contributed by atoms with Crippen molar-refractivity contribution in [2.24, 2.45) is 4.99 Å². The fourth-order valence-corrected chi connectivity index (χ4v) is 4.84. The first-order valence-electron chi connectivity index (χ1n) is 10.8. The number of halogens is 1. The van der Waals surface area contributed by atoms with Gasteiger partial charge in [-0.2, -0.15) is 0 Å². The SMILES string of the molecule is CCCCCCNC1CCN(C(=O)C2=C(C)N=C(c3ccc(F)cc3)CS2)CC1. The Morgan fingerprint density at radius 3 is 2.59 bits per heavy atom. The van der Waals surface area contributed by atoms with Gasteiger partial charge < -0.3 is 10.2 Å². The number of piperidine rings is 1. The number of aliphatic imine (C=N–C) groups is 1. The summed E-state index contributed by atoms with van der Waals surface area (Å²) in [6.45, 7) is 6.82. The smallest absolute Gasteiger partial charge is 0.262 e. The van der Waals surface area contributed by atoms with Crippen LogP contribution in [0, 0.1) is 5.82 Å². The van der Waals surface area contributed by atoms with Crippen LogP contribution in [-0.4, -0.2) is 47.9 Å². The first-order valence-corrected chi connectivity index (χ1v) is 11.8. The Hall–Kier alpha value is -1.66. The molecule has 2 heterocycles. The van der Waals surface area contributed by atoms with E-state index in [0.29, 0.717) is 11.8 Å². The van der Waals surface area contributed by atoms with E-state index in [1.807, 2.05) is 11.8 Å². The van der Waals surface area contributed by atoms with Crippen LogP contribution in [0.2, 0.25) is 0 Å². The number of amides is 1. The second-order valence-corrected chi connectivity index (χ2v) is 8.84. The lowest BCUT2D eigenvalue weighted by Gasteiger charge is -2.33. The van der Waals surface area contributed by atoms with Crippen molar-refractivity contribution in [3.05, 3.63) is 46.2 Å². The third kappa shape index (κ3) is 6.16. The maximum atomic E-state index is 13.1. The van der Waals surface area contributed by atoms with Crippen molar-refractivity contribution in [2.45, 2.75) is 58.4 Å². The number of benzene rings is 1. The Morgan fingerprint density at radius 1 is 1.21 bits per heavy atom. The first kappa shape index (κ1) is 22.0. The number of likely N-dealkylation sites (tertiary alicyclic amines) is 1. The molecule has 4 nitrogen and oxygen atoms in total. The van der Waals surface area contributed by atoms with Crippen molar-refractivity contribution < 1.29 is 9.18 Å². The van der Waals surface area contributed by atoms with E-state index in [0.717, 1.165) is 54.4 Å². The van der Waals surface area contributed by atoms with Crippen LogP contribution < -0.4 is 5.32 Å². The van der Waals surface area contributed by atoms with Crippen LogP contribution in [0.3, 0.4) is 0 Å². The molecule has 0 atom stereocenters. The van der Waals surface area contributed by atoms with Crippen molar-refractivity contribution in [3.63, 3.8) is 0 Å². The zero-order chi connectivity index (χ0) is 20.6. The van der Waals surface area contributed by atoms with E-state index in [2.05, 4.69) is 17.2 Å². The molecule has 1 amide bonds. The van der Waals surface area contributed by atoms with Crippen molar-refractivity contribution in [2.75, 3.05) is 25.4 Å². The zero-order valence-corrected chi connectivity index (χ0v) is 18.4. The first-order chi connectivity index (χ1) is 14.1. The van der Waals surface area contributed by atoms with E-state index in [-0.39, 0.29) is 11.7 Å². The predicted molar refractivity (Wildman–Crippen MR) is 120 cm³/mol. The van der Waals surface area contributed by atoms with E-state index in [4.69, 9.17) is 0 Å². The predicted octanol–water partition coefficient (Wildman–Crippen LogP) is 4.75. The normalized spacial score (nSPS) is 18.2. The average Bonchev–Trinajstić information content (AvgIpc) is 2.74. The molecule has 0 saturated carbocycles. The number of hydrogen-bond donors (Lipinski definition) is 1. The number of carbonyl (C=O) groups is 1. The van der Waals surface area contributed by atoms with Gasteiger partial charge in [-0.3, -0.25) is 9.79 Å². The minimum atomic E-state index is -0.250. The minimum Gasteiger partial charge on any atom is -0.338 e. The lowest BCUT2D eigenvalue weighted by molar-refractivity contribution is -0.127. The molecule has 0 unspecified atom stereocenters. The molecular formula is C23H32FN3OS. The molecular weight excluding hydrogens is 385 g/mol. The van der Waals surface area contributed by atoms with Crippen LogP contribution in [0.4, 0.5) is 4.39 Å². The Balaban J connectivity index is 1.52. The lowest BCUT2D eigenvalue weighted by atomic mass is 10.0. The summed E-state index contributed by atoms with van der Waals surface area (Å²) in [5.41, 5.74) is 2.58. The van der Waals surface area contributed by atoms with Gasteiger partial charge in [-0.1, -0.05) is 38.3 Å². The van der Waals surface area contributed by atoms with Gasteiger partial charge >= 0.3 is 0 Å². The summed E-state index contributed by atoms with van der Waals surface area (Å²) in [7, 11) is 0. The molecule has 6 heteroatoms. The van der Waals surface area contributed by atoms with Crippen LogP contribution >= 0.6 is 11.8 Å². The molecule has 3 rings (SSSR count). The Bertz CT molecular complexity index is 752. The van der Waals surface area contributed by atoms with Crippen molar-refractivity contribution >= 4 is 23.4 Å². The van der Waals surface area contributed by atoms with Gasteiger partial charge in [0, 0.05) is 24.9 Å². The standard InChI is InChI=1S/C23H32FN3OS/c1-3-4-5-6-13-25-20-11-14-27(15-12-20)23(28)22-17(2)26-21(16-29-22)18-7-9-19(24)10-8-18/h7-10,20,25H,3-6,11-16H2,1-2H3. The van der Waals surface area contributed by atoms with Crippen LogP contribution in [0.25, 0.3) is 0 Å². The molecule has 0 bridgehead atoms. The van der Waals surface area contributed by atoms with E-state index in [1.54, 1.807) is 23.9 Å². The largest absolute Gasteiger partial charge is 0.338 e. The van der Waals surface area contributed by atoms with E-state index in [9.17, 15) is 9.18 Å². The molecule has 29 heavy (non-hydrogen) atoms. The van der Waals surface area contributed by atoms with Gasteiger partial charge in [0.1, 0.15) is 5.82 Å². The Labute approximate surface area is 178 Å². The molecule has 0 aromatic heterocycles. The van der Waals surface area contributed by atoms with Crippen LogP contribution in [0.1, 0.15) is 57.9 Å². The number of carbonyl (C=O) groups excluding carboxylic acids is 1. The zero-order valence-electron chi connectivity index (χ0n) is 17.5. The number of unbranched alkanes of at least 4 members (excludes halogenated alkanes) is 3. The summed E-state index contributed by atoms with van der Waals surface area (Å²) < 4.78 is 13.1. The molecule has 1 aromatic carbocycles. The molecule has 0 spiro atoms. The van der Waals surface area contributed by atoms with Gasteiger partial charge in [-0.25, -0.2) is 4.39 Å². The van der Waals surface area contributed by atoms with Gasteiger partial charge in [-0.05, 0) is 50.4 Å². The summed E-state index contributed by atoms with van der Waals surface area (Å²) in [4.78, 5) is 20.4. The summed E-state index contributed by atoms with van der Waals surface area (Å²) in [6.07, 6.45) is 7.15. The molecule has 1 N–H and O–H groups in total. The second kappa shape index (κ2) is 10.9. The van der Waals surface area contributed by atoms with Gasteiger partial charge in [0.2, 0.25) is 0 Å². The molecule has 2 aliphatic heterocycles. The molecule has 2 aliphatic rings. The molecule has 0 radical (unpaired) electrons. The maximum Gasteiger partial charge on any atom is 0.262 e. The molecule has 1 aromatic rings. The highest BCUT2D eigenvalue weighted by Gasteiger charge is 2.28. The number of nitrogens with one attached hydrogen (secondary N) is 1. The topological polar surface area (TPSA) is 44.7 Å². The fourth-order valence-electron chi connectivity index (χ4n) is 3.83. The van der Waals surface area contributed by atoms with Crippen molar-refractivity contribution in [1.82, 2.24) is 10.2 Å². The number of rotatable bonds is 8.